The summed E-state index contributed by atoms with van der Waals surface area (Å²) in [6.45, 7) is 3.13. The van der Waals surface area contributed by atoms with E-state index in [0.29, 0.717) is 25.1 Å². The maximum absolute atomic E-state index is 12.5. The van der Waals surface area contributed by atoms with Crippen molar-refractivity contribution in [1.82, 2.24) is 10.2 Å². The first-order valence-corrected chi connectivity index (χ1v) is 8.42. The number of likely N-dealkylation sites (tertiary alicyclic amines) is 1. The van der Waals surface area contributed by atoms with Gasteiger partial charge >= 0.3 is 5.97 Å². The highest BCUT2D eigenvalue weighted by Gasteiger charge is 2.32. The standard InChI is InChI=1S/C20H20N2O4/c1-13-2-4-14(5-3-13)12-22-11-10-17(19(22)24)21-18(23)15-6-8-16(9-7-15)20(25)26/h2-9,17H,10-12H2,1H3,(H,21,23)(H,25,26). The van der Waals surface area contributed by atoms with Gasteiger partial charge in [-0.25, -0.2) is 4.79 Å². The van der Waals surface area contributed by atoms with Crippen LogP contribution in [0.2, 0.25) is 0 Å². The Morgan fingerprint density at radius 3 is 2.31 bits per heavy atom. The van der Waals surface area contributed by atoms with Crippen LogP contribution in [0.25, 0.3) is 0 Å². The van der Waals surface area contributed by atoms with Gasteiger partial charge in [-0.1, -0.05) is 29.8 Å². The number of carbonyl (C=O) groups excluding carboxylic acids is 2. The molecule has 2 aromatic rings. The first-order valence-electron chi connectivity index (χ1n) is 8.42. The molecular weight excluding hydrogens is 332 g/mol. The van der Waals surface area contributed by atoms with Gasteiger partial charge in [-0.15, -0.1) is 0 Å². The van der Waals surface area contributed by atoms with Crippen LogP contribution >= 0.6 is 0 Å². The van der Waals surface area contributed by atoms with Crippen molar-refractivity contribution in [2.45, 2.75) is 25.9 Å². The highest BCUT2D eigenvalue weighted by atomic mass is 16.4. The molecule has 0 saturated carbocycles. The van der Waals surface area contributed by atoms with Crippen molar-refractivity contribution in [2.75, 3.05) is 6.54 Å². The normalized spacial score (nSPS) is 16.6. The minimum absolute atomic E-state index is 0.0962. The molecule has 2 amide bonds. The van der Waals surface area contributed by atoms with Crippen molar-refractivity contribution in [3.05, 3.63) is 70.8 Å². The molecule has 0 spiro atoms. The molecule has 1 fully saturated rings. The molecule has 0 aliphatic carbocycles. The number of nitrogens with zero attached hydrogens (tertiary/aromatic N) is 1. The predicted molar refractivity (Wildman–Crippen MR) is 95.9 cm³/mol. The lowest BCUT2D eigenvalue weighted by molar-refractivity contribution is -0.129. The summed E-state index contributed by atoms with van der Waals surface area (Å²) in [5.74, 6) is -1.52. The fourth-order valence-corrected chi connectivity index (χ4v) is 2.95. The molecule has 2 N–H and O–H groups in total. The molecule has 1 unspecified atom stereocenters. The third-order valence-corrected chi connectivity index (χ3v) is 4.49. The quantitative estimate of drug-likeness (QED) is 0.864. The first-order chi connectivity index (χ1) is 12.4. The van der Waals surface area contributed by atoms with Gasteiger partial charge in [0.15, 0.2) is 0 Å². The van der Waals surface area contributed by atoms with Crippen molar-refractivity contribution >= 4 is 17.8 Å². The number of amides is 2. The zero-order valence-corrected chi connectivity index (χ0v) is 14.4. The molecule has 0 aromatic heterocycles. The molecule has 0 bridgehead atoms. The Morgan fingerprint density at radius 1 is 1.08 bits per heavy atom. The van der Waals surface area contributed by atoms with Crippen LogP contribution in [0.4, 0.5) is 0 Å². The number of rotatable bonds is 5. The van der Waals surface area contributed by atoms with E-state index in [1.165, 1.54) is 29.8 Å². The fraction of sp³-hybridized carbons (Fsp3) is 0.250. The van der Waals surface area contributed by atoms with Crippen LogP contribution in [0.1, 0.15) is 38.3 Å². The Morgan fingerprint density at radius 2 is 1.69 bits per heavy atom. The van der Waals surface area contributed by atoms with Crippen molar-refractivity contribution < 1.29 is 19.5 Å². The Hall–Kier alpha value is -3.15. The monoisotopic (exact) mass is 352 g/mol. The summed E-state index contributed by atoms with van der Waals surface area (Å²) in [7, 11) is 0. The summed E-state index contributed by atoms with van der Waals surface area (Å²) >= 11 is 0. The molecule has 1 saturated heterocycles. The van der Waals surface area contributed by atoms with Crippen molar-refractivity contribution in [3.63, 3.8) is 0 Å². The van der Waals surface area contributed by atoms with Crippen molar-refractivity contribution in [1.29, 1.82) is 0 Å². The molecule has 1 heterocycles. The van der Waals surface area contributed by atoms with Gasteiger partial charge in [-0.3, -0.25) is 9.59 Å². The van der Waals surface area contributed by atoms with E-state index < -0.39 is 12.0 Å². The average Bonchev–Trinajstić information content (AvgIpc) is 2.97. The highest BCUT2D eigenvalue weighted by molar-refractivity contribution is 5.99. The number of aromatic carboxylic acids is 1. The molecule has 0 radical (unpaired) electrons. The van der Waals surface area contributed by atoms with Gasteiger partial charge < -0.3 is 15.3 Å². The summed E-state index contributed by atoms with van der Waals surface area (Å²) in [5, 5.41) is 11.6. The van der Waals surface area contributed by atoms with Crippen LogP contribution in [0, 0.1) is 6.92 Å². The zero-order chi connectivity index (χ0) is 18.7. The highest BCUT2D eigenvalue weighted by Crippen LogP contribution is 2.16. The average molecular weight is 352 g/mol. The fourth-order valence-electron chi connectivity index (χ4n) is 2.95. The predicted octanol–water partition coefficient (Wildman–Crippen LogP) is 2.22. The van der Waals surface area contributed by atoms with E-state index in [-0.39, 0.29) is 17.4 Å². The first kappa shape index (κ1) is 17.7. The lowest BCUT2D eigenvalue weighted by Crippen LogP contribution is -2.41. The van der Waals surface area contributed by atoms with E-state index in [0.717, 1.165) is 5.56 Å². The second-order valence-electron chi connectivity index (χ2n) is 6.44. The van der Waals surface area contributed by atoms with Crippen molar-refractivity contribution in [3.8, 4) is 0 Å². The second kappa shape index (κ2) is 7.39. The van der Waals surface area contributed by atoms with E-state index in [1.807, 2.05) is 31.2 Å². The van der Waals surface area contributed by atoms with Crippen LogP contribution in [0.3, 0.4) is 0 Å². The van der Waals surface area contributed by atoms with Crippen LogP contribution in [-0.4, -0.2) is 40.4 Å². The maximum atomic E-state index is 12.5. The summed E-state index contributed by atoms with van der Waals surface area (Å²) in [5.41, 5.74) is 2.67. The molecule has 134 valence electrons. The van der Waals surface area contributed by atoms with Gasteiger partial charge in [0.1, 0.15) is 6.04 Å². The topological polar surface area (TPSA) is 86.7 Å². The largest absolute Gasteiger partial charge is 0.478 e. The van der Waals surface area contributed by atoms with Gasteiger partial charge in [-0.2, -0.15) is 0 Å². The third kappa shape index (κ3) is 3.91. The van der Waals surface area contributed by atoms with E-state index in [9.17, 15) is 14.4 Å². The van der Waals surface area contributed by atoms with E-state index >= 15 is 0 Å². The van der Waals surface area contributed by atoms with Gasteiger partial charge in [0.2, 0.25) is 5.91 Å². The second-order valence-corrected chi connectivity index (χ2v) is 6.44. The SMILES string of the molecule is Cc1ccc(CN2CCC(NC(=O)c3ccc(C(=O)O)cc3)C2=O)cc1. The third-order valence-electron chi connectivity index (χ3n) is 4.49. The molecule has 1 aliphatic rings. The van der Waals surface area contributed by atoms with Crippen molar-refractivity contribution in [2.24, 2.45) is 0 Å². The van der Waals surface area contributed by atoms with Crippen LogP contribution in [-0.2, 0) is 11.3 Å². The van der Waals surface area contributed by atoms with Gasteiger partial charge in [-0.05, 0) is 43.2 Å². The number of carboxylic acid groups (broad SMARTS) is 1. The number of carboxylic acids is 1. The Kier molecular flexibility index (Phi) is 5.02. The Labute approximate surface area is 151 Å². The number of carbonyl (C=O) groups is 3. The summed E-state index contributed by atoms with van der Waals surface area (Å²) in [6, 6.07) is 13.1. The summed E-state index contributed by atoms with van der Waals surface area (Å²) < 4.78 is 0. The molecule has 1 aliphatic heterocycles. The molecule has 1 atom stereocenters. The maximum Gasteiger partial charge on any atom is 0.335 e. The molecular formula is C20H20N2O4. The number of nitrogens with one attached hydrogen (secondary N) is 1. The van der Waals surface area contributed by atoms with Gasteiger partial charge in [0.05, 0.1) is 5.56 Å². The minimum Gasteiger partial charge on any atom is -0.478 e. The van der Waals surface area contributed by atoms with Crippen LogP contribution in [0.15, 0.2) is 48.5 Å². The minimum atomic E-state index is -1.05. The lowest BCUT2D eigenvalue weighted by atomic mass is 10.1. The molecule has 6 heteroatoms. The van der Waals surface area contributed by atoms with E-state index in [1.54, 1.807) is 4.90 Å². The lowest BCUT2D eigenvalue weighted by Gasteiger charge is -2.17. The molecule has 3 rings (SSSR count). The zero-order valence-electron chi connectivity index (χ0n) is 14.4. The Balaban J connectivity index is 1.60. The van der Waals surface area contributed by atoms with Gasteiger partial charge in [0, 0.05) is 18.7 Å². The number of aryl methyl sites for hydroxylation is 1. The van der Waals surface area contributed by atoms with E-state index in [2.05, 4.69) is 5.32 Å². The Bertz CT molecular complexity index is 828. The molecule has 26 heavy (non-hydrogen) atoms. The van der Waals surface area contributed by atoms with E-state index in [4.69, 9.17) is 5.11 Å². The molecule has 2 aromatic carbocycles. The number of hydrogen-bond acceptors (Lipinski definition) is 3. The summed E-state index contributed by atoms with van der Waals surface area (Å²) in [4.78, 5) is 37.4. The number of hydrogen-bond donors (Lipinski definition) is 2. The smallest absolute Gasteiger partial charge is 0.335 e. The van der Waals surface area contributed by atoms with Crippen LogP contribution < -0.4 is 5.32 Å². The molecule has 6 nitrogen and oxygen atoms in total. The van der Waals surface area contributed by atoms with Gasteiger partial charge in [0.25, 0.3) is 5.91 Å². The number of benzene rings is 2. The summed E-state index contributed by atoms with van der Waals surface area (Å²) in [6.07, 6.45) is 0.559. The van der Waals surface area contributed by atoms with Crippen LogP contribution in [0.5, 0.6) is 0 Å².